The molecular formula is C12H19NO4. The highest BCUT2D eigenvalue weighted by atomic mass is 16.6. The number of aliphatic imine (C=N–C) groups is 1. The largest absolute Gasteiger partial charge is 0.478 e. The molecular weight excluding hydrogens is 222 g/mol. The van der Waals surface area contributed by atoms with E-state index in [0.29, 0.717) is 12.5 Å². The molecule has 5 heteroatoms. The Morgan fingerprint density at radius 2 is 2.06 bits per heavy atom. The van der Waals surface area contributed by atoms with Crippen molar-refractivity contribution in [1.29, 1.82) is 0 Å². The van der Waals surface area contributed by atoms with Crippen LogP contribution in [-0.2, 0) is 19.1 Å². The highest BCUT2D eigenvalue weighted by Crippen LogP contribution is 2.30. The molecule has 0 spiro atoms. The number of rotatable bonds is 3. The van der Waals surface area contributed by atoms with Crippen molar-refractivity contribution in [2.75, 3.05) is 6.61 Å². The summed E-state index contributed by atoms with van der Waals surface area (Å²) in [6.07, 6.45) is 0.0709. The monoisotopic (exact) mass is 241 g/mol. The minimum Gasteiger partial charge on any atom is -0.478 e. The molecule has 5 nitrogen and oxygen atoms in total. The lowest BCUT2D eigenvalue weighted by Crippen LogP contribution is -2.29. The minimum absolute atomic E-state index is 0.0709. The van der Waals surface area contributed by atoms with Crippen LogP contribution < -0.4 is 0 Å². The lowest BCUT2D eigenvalue weighted by molar-refractivity contribution is -0.159. The van der Waals surface area contributed by atoms with E-state index in [0.717, 1.165) is 0 Å². The maximum absolute atomic E-state index is 11.4. The summed E-state index contributed by atoms with van der Waals surface area (Å²) < 4.78 is 10.0. The third-order valence-electron chi connectivity index (χ3n) is 2.39. The number of carbonyl (C=O) groups is 2. The van der Waals surface area contributed by atoms with E-state index < -0.39 is 17.4 Å². The Bertz CT molecular complexity index is 369. The van der Waals surface area contributed by atoms with Gasteiger partial charge in [0.05, 0.1) is 17.4 Å². The highest BCUT2D eigenvalue weighted by Gasteiger charge is 2.37. The van der Waals surface area contributed by atoms with Crippen molar-refractivity contribution in [3.63, 3.8) is 0 Å². The van der Waals surface area contributed by atoms with Crippen LogP contribution in [0.3, 0.4) is 0 Å². The summed E-state index contributed by atoms with van der Waals surface area (Å²) in [6, 6.07) is 0. The van der Waals surface area contributed by atoms with Crippen LogP contribution in [-0.4, -0.2) is 30.0 Å². The van der Waals surface area contributed by atoms with Crippen LogP contribution in [0.2, 0.25) is 0 Å². The molecule has 0 aromatic heterocycles. The van der Waals surface area contributed by atoms with E-state index >= 15 is 0 Å². The van der Waals surface area contributed by atoms with Crippen LogP contribution in [0.25, 0.3) is 0 Å². The minimum atomic E-state index is -0.597. The maximum Gasteiger partial charge on any atom is 0.314 e. The summed E-state index contributed by atoms with van der Waals surface area (Å²) in [7, 11) is 0. The van der Waals surface area contributed by atoms with Gasteiger partial charge >= 0.3 is 11.9 Å². The maximum atomic E-state index is 11.4. The van der Waals surface area contributed by atoms with E-state index in [9.17, 15) is 9.59 Å². The van der Waals surface area contributed by atoms with E-state index in [-0.39, 0.29) is 12.0 Å². The molecule has 0 bridgehead atoms. The van der Waals surface area contributed by atoms with Gasteiger partial charge in [-0.2, -0.15) is 0 Å². The zero-order chi connectivity index (χ0) is 13.3. The molecule has 0 N–H and O–H groups in total. The Morgan fingerprint density at radius 1 is 1.47 bits per heavy atom. The van der Waals surface area contributed by atoms with Crippen LogP contribution in [0.5, 0.6) is 0 Å². The van der Waals surface area contributed by atoms with Gasteiger partial charge in [-0.25, -0.2) is 4.99 Å². The summed E-state index contributed by atoms with van der Waals surface area (Å²) >= 11 is 0. The van der Waals surface area contributed by atoms with Crippen LogP contribution in [0.15, 0.2) is 4.99 Å². The van der Waals surface area contributed by atoms with Crippen molar-refractivity contribution in [2.45, 2.75) is 46.6 Å². The Labute approximate surface area is 101 Å². The molecule has 1 rings (SSSR count). The zero-order valence-electron chi connectivity index (χ0n) is 11.0. The third-order valence-corrected chi connectivity index (χ3v) is 2.39. The molecule has 0 aliphatic carbocycles. The van der Waals surface area contributed by atoms with Gasteiger partial charge in [0, 0.05) is 6.92 Å². The van der Waals surface area contributed by atoms with E-state index in [1.54, 1.807) is 0 Å². The van der Waals surface area contributed by atoms with Gasteiger partial charge in [-0.05, 0) is 13.8 Å². The van der Waals surface area contributed by atoms with E-state index in [1.807, 2.05) is 27.7 Å². The topological polar surface area (TPSA) is 65.0 Å². The summed E-state index contributed by atoms with van der Waals surface area (Å²) in [6.45, 7) is 9.32. The second kappa shape index (κ2) is 4.47. The summed E-state index contributed by atoms with van der Waals surface area (Å²) in [5.41, 5.74) is -0.808. The smallest absolute Gasteiger partial charge is 0.314 e. The molecule has 0 radical (unpaired) electrons. The molecule has 96 valence electrons. The van der Waals surface area contributed by atoms with Crippen LogP contribution >= 0.6 is 0 Å². The van der Waals surface area contributed by atoms with Gasteiger partial charge in [0.1, 0.15) is 6.61 Å². The van der Waals surface area contributed by atoms with Crippen LogP contribution in [0, 0.1) is 5.41 Å². The number of hydrogen-bond donors (Lipinski definition) is 0. The van der Waals surface area contributed by atoms with Crippen molar-refractivity contribution in [1.82, 2.24) is 0 Å². The van der Waals surface area contributed by atoms with Gasteiger partial charge in [-0.3, -0.25) is 9.59 Å². The summed E-state index contributed by atoms with van der Waals surface area (Å²) in [4.78, 5) is 26.5. The number of hydrogen-bond acceptors (Lipinski definition) is 5. The fourth-order valence-corrected chi connectivity index (χ4v) is 1.56. The van der Waals surface area contributed by atoms with Crippen molar-refractivity contribution in [2.24, 2.45) is 10.4 Å². The van der Waals surface area contributed by atoms with Crippen LogP contribution in [0.4, 0.5) is 0 Å². The van der Waals surface area contributed by atoms with Gasteiger partial charge in [-0.1, -0.05) is 13.8 Å². The lowest BCUT2D eigenvalue weighted by Gasteiger charge is -2.22. The first-order chi connectivity index (χ1) is 7.62. The standard InChI is InChI=1S/C12H19NO4/c1-8(14)17-9(15)6-11(2,3)10-13-12(4,5)7-16-10/h6-7H2,1-5H3. The quantitative estimate of drug-likeness (QED) is 0.557. The normalized spacial score (nSPS) is 18.3. The molecule has 1 aliphatic heterocycles. The average Bonchev–Trinajstić information content (AvgIpc) is 2.43. The van der Waals surface area contributed by atoms with Crippen molar-refractivity contribution < 1.29 is 19.1 Å². The van der Waals surface area contributed by atoms with Crippen molar-refractivity contribution in [3.05, 3.63) is 0 Å². The first-order valence-corrected chi connectivity index (χ1v) is 5.57. The van der Waals surface area contributed by atoms with E-state index in [1.165, 1.54) is 6.92 Å². The molecule has 0 fully saturated rings. The molecule has 0 amide bonds. The molecule has 0 saturated carbocycles. The number of esters is 2. The zero-order valence-corrected chi connectivity index (χ0v) is 11.0. The fraction of sp³-hybridized carbons (Fsp3) is 0.750. The first-order valence-electron chi connectivity index (χ1n) is 5.57. The number of carbonyl (C=O) groups excluding carboxylic acids is 2. The average molecular weight is 241 g/mol. The molecule has 1 aliphatic rings. The second-order valence-electron chi connectivity index (χ2n) is 5.54. The first kappa shape index (κ1) is 13.7. The summed E-state index contributed by atoms with van der Waals surface area (Å²) in [5, 5.41) is 0. The van der Waals surface area contributed by atoms with Gasteiger partial charge in [0.2, 0.25) is 0 Å². The number of ether oxygens (including phenoxy) is 2. The Kier molecular flexibility index (Phi) is 3.59. The van der Waals surface area contributed by atoms with Crippen molar-refractivity contribution >= 4 is 17.8 Å². The van der Waals surface area contributed by atoms with Crippen LogP contribution in [0.1, 0.15) is 41.0 Å². The van der Waals surface area contributed by atoms with Gasteiger partial charge < -0.3 is 9.47 Å². The van der Waals surface area contributed by atoms with E-state index in [2.05, 4.69) is 9.73 Å². The van der Waals surface area contributed by atoms with Gasteiger partial charge in [-0.15, -0.1) is 0 Å². The predicted molar refractivity (Wildman–Crippen MR) is 62.6 cm³/mol. The van der Waals surface area contributed by atoms with E-state index in [4.69, 9.17) is 4.74 Å². The number of nitrogens with zero attached hydrogens (tertiary/aromatic N) is 1. The van der Waals surface area contributed by atoms with Gasteiger partial charge in [0.25, 0.3) is 0 Å². The Morgan fingerprint density at radius 3 is 2.47 bits per heavy atom. The molecule has 17 heavy (non-hydrogen) atoms. The lowest BCUT2D eigenvalue weighted by atomic mass is 9.89. The fourth-order valence-electron chi connectivity index (χ4n) is 1.56. The highest BCUT2D eigenvalue weighted by molar-refractivity contribution is 5.91. The predicted octanol–water partition coefficient (Wildman–Crippen LogP) is 1.70. The molecule has 1 heterocycles. The summed E-state index contributed by atoms with van der Waals surface area (Å²) in [5.74, 6) is -0.609. The molecule has 0 unspecified atom stereocenters. The van der Waals surface area contributed by atoms with Gasteiger partial charge in [0.15, 0.2) is 5.90 Å². The van der Waals surface area contributed by atoms with Crippen molar-refractivity contribution in [3.8, 4) is 0 Å². The Balaban J connectivity index is 2.69. The Hall–Kier alpha value is -1.39. The molecule has 0 atom stereocenters. The third kappa shape index (κ3) is 3.84. The molecule has 0 aromatic rings. The molecule has 0 saturated heterocycles. The molecule has 0 aromatic carbocycles. The second-order valence-corrected chi connectivity index (χ2v) is 5.54. The SMILES string of the molecule is CC(=O)OC(=O)CC(C)(C)C1=NC(C)(C)CO1.